The number of hydrogen-bond acceptors (Lipinski definition) is 6. The molecular weight excluding hydrogens is 332 g/mol. The fourth-order valence-electron chi connectivity index (χ4n) is 2.88. The summed E-state index contributed by atoms with van der Waals surface area (Å²) in [7, 11) is 1.59. The van der Waals surface area contributed by atoms with Crippen molar-refractivity contribution in [1.82, 2.24) is 10.1 Å². The van der Waals surface area contributed by atoms with Gasteiger partial charge in [0, 0.05) is 18.8 Å². The summed E-state index contributed by atoms with van der Waals surface area (Å²) >= 11 is 0. The molecular formula is C18H22N6O2. The number of benzene rings is 1. The number of nitrogens with two attached hydrogens (primary N) is 2. The van der Waals surface area contributed by atoms with E-state index >= 15 is 0 Å². The highest BCUT2D eigenvalue weighted by atomic mass is 16.6. The fraction of sp³-hybridized carbons (Fsp3) is 0.278. The number of carbonyl (C=O) groups excluding carboxylic acids is 1. The van der Waals surface area contributed by atoms with E-state index < -0.39 is 0 Å². The van der Waals surface area contributed by atoms with Gasteiger partial charge in [0.15, 0.2) is 5.84 Å². The quantitative estimate of drug-likeness (QED) is 0.375. The molecule has 0 aliphatic carbocycles. The number of ether oxygens (including phenoxy) is 1. The summed E-state index contributed by atoms with van der Waals surface area (Å²) in [6.07, 6.45) is 1.33. The zero-order valence-electron chi connectivity index (χ0n) is 15.0. The van der Waals surface area contributed by atoms with Crippen LogP contribution in [-0.2, 0) is 4.74 Å². The van der Waals surface area contributed by atoms with Crippen LogP contribution in [0.15, 0.2) is 41.6 Å². The monoisotopic (exact) mass is 354 g/mol. The van der Waals surface area contributed by atoms with E-state index in [2.05, 4.69) is 10.1 Å². The number of amides is 1. The number of hydrogen-bond donors (Lipinski definition) is 2. The number of cyclic esters (lactones) is 1. The van der Waals surface area contributed by atoms with Crippen LogP contribution in [0.4, 0.5) is 10.5 Å². The number of nitrogens with zero attached hydrogens (tertiary/aromatic N) is 4. The summed E-state index contributed by atoms with van der Waals surface area (Å²) in [6, 6.07) is 9.62. The average molecular weight is 354 g/mol. The van der Waals surface area contributed by atoms with Gasteiger partial charge in [-0.05, 0) is 43.2 Å². The summed E-state index contributed by atoms with van der Waals surface area (Å²) in [4.78, 5) is 17.9. The molecule has 1 aliphatic heterocycles. The molecule has 1 aromatic carbocycles. The second-order valence-electron chi connectivity index (χ2n) is 6.30. The molecule has 8 heteroatoms. The van der Waals surface area contributed by atoms with Gasteiger partial charge in [-0.2, -0.15) is 0 Å². The molecule has 2 heterocycles. The van der Waals surface area contributed by atoms with Crippen LogP contribution >= 0.6 is 0 Å². The van der Waals surface area contributed by atoms with Crippen molar-refractivity contribution < 1.29 is 9.53 Å². The molecule has 1 atom stereocenters. The van der Waals surface area contributed by atoms with Crippen molar-refractivity contribution in [3.8, 4) is 11.1 Å². The van der Waals surface area contributed by atoms with E-state index in [9.17, 15) is 4.79 Å². The molecule has 26 heavy (non-hydrogen) atoms. The number of hydrazine groups is 1. The lowest BCUT2D eigenvalue weighted by molar-refractivity contribution is 0.150. The van der Waals surface area contributed by atoms with E-state index in [1.165, 1.54) is 0 Å². The Balaban J connectivity index is 1.84. The molecule has 1 fully saturated rings. The first kappa shape index (κ1) is 17.7. The van der Waals surface area contributed by atoms with Crippen LogP contribution in [0.1, 0.15) is 18.2 Å². The van der Waals surface area contributed by atoms with Crippen molar-refractivity contribution in [2.24, 2.45) is 16.7 Å². The van der Waals surface area contributed by atoms with Crippen LogP contribution in [-0.4, -0.2) is 41.7 Å². The number of carbonyl (C=O) groups is 1. The molecule has 1 aliphatic rings. The molecule has 1 saturated heterocycles. The second kappa shape index (κ2) is 7.01. The number of aromatic nitrogens is 1. The van der Waals surface area contributed by atoms with Gasteiger partial charge in [0.05, 0.1) is 12.2 Å². The fourth-order valence-corrected chi connectivity index (χ4v) is 2.88. The Labute approximate surface area is 152 Å². The van der Waals surface area contributed by atoms with E-state index in [-0.39, 0.29) is 18.0 Å². The third-order valence-electron chi connectivity index (χ3n) is 4.07. The Morgan fingerprint density at radius 1 is 1.35 bits per heavy atom. The Bertz CT molecular complexity index is 847. The molecule has 1 amide bonds. The maximum absolute atomic E-state index is 11.9. The molecule has 0 bridgehead atoms. The predicted octanol–water partition coefficient (Wildman–Crippen LogP) is 1.83. The van der Waals surface area contributed by atoms with E-state index in [0.717, 1.165) is 27.5 Å². The SMILES string of the molecule is Cc1cc(-c2ccc(/C(N)=N/N(C)N)nc2)ccc1N1CC(C)OC1=O. The highest BCUT2D eigenvalue weighted by molar-refractivity contribution is 5.95. The lowest BCUT2D eigenvalue weighted by Crippen LogP contribution is -2.26. The maximum atomic E-state index is 11.9. The van der Waals surface area contributed by atoms with Crippen molar-refractivity contribution in [3.05, 3.63) is 47.8 Å². The molecule has 4 N–H and O–H groups in total. The van der Waals surface area contributed by atoms with Crippen LogP contribution in [0.25, 0.3) is 11.1 Å². The van der Waals surface area contributed by atoms with Crippen molar-refractivity contribution in [3.63, 3.8) is 0 Å². The van der Waals surface area contributed by atoms with Gasteiger partial charge < -0.3 is 10.5 Å². The minimum absolute atomic E-state index is 0.0991. The number of aryl methyl sites for hydroxylation is 1. The normalized spacial score (nSPS) is 17.4. The third-order valence-corrected chi connectivity index (χ3v) is 4.07. The van der Waals surface area contributed by atoms with Crippen LogP contribution in [0.5, 0.6) is 0 Å². The lowest BCUT2D eigenvalue weighted by atomic mass is 10.0. The molecule has 1 aromatic heterocycles. The van der Waals surface area contributed by atoms with Gasteiger partial charge in [0.2, 0.25) is 0 Å². The first-order valence-corrected chi connectivity index (χ1v) is 8.23. The number of pyridine rings is 1. The molecule has 1 unspecified atom stereocenters. The topological polar surface area (TPSA) is 110 Å². The van der Waals surface area contributed by atoms with Crippen LogP contribution in [0, 0.1) is 6.92 Å². The Hall–Kier alpha value is -3.13. The minimum Gasteiger partial charge on any atom is -0.444 e. The number of anilines is 1. The molecule has 3 rings (SSSR count). The molecule has 2 aromatic rings. The van der Waals surface area contributed by atoms with E-state index in [1.54, 1.807) is 24.2 Å². The van der Waals surface area contributed by atoms with Crippen LogP contribution in [0.3, 0.4) is 0 Å². The maximum Gasteiger partial charge on any atom is 0.414 e. The van der Waals surface area contributed by atoms with Gasteiger partial charge in [-0.3, -0.25) is 9.88 Å². The first-order valence-electron chi connectivity index (χ1n) is 8.23. The van der Waals surface area contributed by atoms with E-state index in [1.807, 2.05) is 38.1 Å². The summed E-state index contributed by atoms with van der Waals surface area (Å²) < 4.78 is 5.20. The van der Waals surface area contributed by atoms with Crippen LogP contribution in [0.2, 0.25) is 0 Å². The highest BCUT2D eigenvalue weighted by Crippen LogP contribution is 2.29. The van der Waals surface area contributed by atoms with Gasteiger partial charge >= 0.3 is 6.09 Å². The van der Waals surface area contributed by atoms with Crippen molar-refractivity contribution in [2.45, 2.75) is 20.0 Å². The zero-order valence-corrected chi connectivity index (χ0v) is 15.0. The number of rotatable bonds is 4. The Morgan fingerprint density at radius 3 is 2.62 bits per heavy atom. The van der Waals surface area contributed by atoms with Crippen LogP contribution < -0.4 is 16.5 Å². The van der Waals surface area contributed by atoms with Gasteiger partial charge in [0.1, 0.15) is 11.8 Å². The minimum atomic E-state index is -0.306. The lowest BCUT2D eigenvalue weighted by Gasteiger charge is -2.16. The second-order valence-corrected chi connectivity index (χ2v) is 6.30. The summed E-state index contributed by atoms with van der Waals surface area (Å²) in [5.74, 6) is 5.70. The van der Waals surface area contributed by atoms with E-state index in [0.29, 0.717) is 12.2 Å². The molecule has 0 spiro atoms. The molecule has 0 saturated carbocycles. The average Bonchev–Trinajstić information content (AvgIpc) is 2.92. The van der Waals surface area contributed by atoms with Crippen molar-refractivity contribution in [1.29, 1.82) is 0 Å². The Kier molecular flexibility index (Phi) is 4.77. The number of amidine groups is 1. The van der Waals surface area contributed by atoms with E-state index in [4.69, 9.17) is 16.3 Å². The smallest absolute Gasteiger partial charge is 0.414 e. The first-order chi connectivity index (χ1) is 12.3. The van der Waals surface area contributed by atoms with Gasteiger partial charge in [0.25, 0.3) is 0 Å². The van der Waals surface area contributed by atoms with Gasteiger partial charge in [-0.1, -0.05) is 12.1 Å². The molecule has 8 nitrogen and oxygen atoms in total. The third kappa shape index (κ3) is 3.60. The predicted molar refractivity (Wildman–Crippen MR) is 100 cm³/mol. The largest absolute Gasteiger partial charge is 0.444 e. The Morgan fingerprint density at radius 2 is 2.08 bits per heavy atom. The molecule has 136 valence electrons. The van der Waals surface area contributed by atoms with Crippen molar-refractivity contribution >= 4 is 17.6 Å². The zero-order chi connectivity index (χ0) is 18.8. The number of hydrazone groups is 1. The molecule has 0 radical (unpaired) electrons. The summed E-state index contributed by atoms with van der Waals surface area (Å²) in [5.41, 5.74) is 10.2. The summed E-state index contributed by atoms with van der Waals surface area (Å²) in [6.45, 7) is 4.41. The van der Waals surface area contributed by atoms with Gasteiger partial charge in [-0.25, -0.2) is 15.8 Å². The van der Waals surface area contributed by atoms with Gasteiger partial charge in [-0.15, -0.1) is 5.10 Å². The van der Waals surface area contributed by atoms with Crippen molar-refractivity contribution in [2.75, 3.05) is 18.5 Å². The highest BCUT2D eigenvalue weighted by Gasteiger charge is 2.30. The summed E-state index contributed by atoms with van der Waals surface area (Å²) in [5, 5.41) is 5.06. The standard InChI is InChI=1S/C18H22N6O2/c1-11-8-13(5-7-16(11)24-10-12(2)26-18(24)25)14-4-6-15(21-9-14)17(19)22-23(3)20/h4-9,12H,10,20H2,1-3H3,(H2,19,22).